The minimum Gasteiger partial charge on any atom is -0.497 e. The van der Waals surface area contributed by atoms with Crippen LogP contribution in [0.2, 0.25) is 0 Å². The molecule has 1 unspecified atom stereocenters. The SMILES string of the molecule is COc1ccc2c(c1)CCCC21C(=N)NC(=O)N1C. The number of amidine groups is 1. The lowest BCUT2D eigenvalue weighted by Crippen LogP contribution is -2.47. The Balaban J connectivity index is 2.17. The maximum atomic E-state index is 11.8. The highest BCUT2D eigenvalue weighted by Crippen LogP contribution is 2.43. The number of rotatable bonds is 1. The standard InChI is InChI=1S/C14H17N3O2/c1-17-13(18)16-12(15)14(17)7-3-4-9-8-10(19-2)5-6-11(9)14/h5-6,8H,3-4,7H2,1-2H3,(H2,15,16,18). The van der Waals surface area contributed by atoms with E-state index in [0.717, 1.165) is 30.6 Å². The van der Waals surface area contributed by atoms with Crippen LogP contribution in [0.5, 0.6) is 5.75 Å². The molecule has 1 aliphatic heterocycles. The van der Waals surface area contributed by atoms with Gasteiger partial charge in [0.25, 0.3) is 0 Å². The van der Waals surface area contributed by atoms with Gasteiger partial charge in [-0.05, 0) is 42.5 Å². The molecule has 1 aliphatic carbocycles. The number of ether oxygens (including phenoxy) is 1. The maximum absolute atomic E-state index is 11.8. The maximum Gasteiger partial charge on any atom is 0.323 e. The van der Waals surface area contributed by atoms with Crippen LogP contribution in [0.3, 0.4) is 0 Å². The Labute approximate surface area is 112 Å². The molecule has 3 rings (SSSR count). The van der Waals surface area contributed by atoms with Crippen LogP contribution in [0.1, 0.15) is 24.0 Å². The molecule has 19 heavy (non-hydrogen) atoms. The number of benzene rings is 1. The van der Waals surface area contributed by atoms with Gasteiger partial charge >= 0.3 is 6.03 Å². The number of amides is 2. The Morgan fingerprint density at radius 1 is 1.47 bits per heavy atom. The smallest absolute Gasteiger partial charge is 0.323 e. The molecule has 0 aromatic heterocycles. The third kappa shape index (κ3) is 1.47. The fourth-order valence-corrected chi connectivity index (χ4v) is 3.22. The summed E-state index contributed by atoms with van der Waals surface area (Å²) in [4.78, 5) is 13.5. The van der Waals surface area contributed by atoms with E-state index in [0.29, 0.717) is 0 Å². The van der Waals surface area contributed by atoms with E-state index >= 15 is 0 Å². The van der Waals surface area contributed by atoms with Crippen LogP contribution in [-0.4, -0.2) is 30.9 Å². The van der Waals surface area contributed by atoms with Gasteiger partial charge in [0.15, 0.2) is 0 Å². The number of hydrogen-bond acceptors (Lipinski definition) is 3. The van der Waals surface area contributed by atoms with Crippen LogP contribution < -0.4 is 10.1 Å². The summed E-state index contributed by atoms with van der Waals surface area (Å²) in [5.41, 5.74) is 1.60. The van der Waals surface area contributed by atoms with Gasteiger partial charge < -0.3 is 9.64 Å². The average Bonchev–Trinajstić information content (AvgIpc) is 2.63. The van der Waals surface area contributed by atoms with Crippen LogP contribution in [0.15, 0.2) is 18.2 Å². The molecule has 1 aromatic rings. The first-order chi connectivity index (χ1) is 9.09. The molecule has 2 aliphatic rings. The molecular formula is C14H17N3O2. The molecule has 2 amide bonds. The number of likely N-dealkylation sites (N-methyl/N-ethyl adjacent to an activating group) is 1. The summed E-state index contributed by atoms with van der Waals surface area (Å²) in [6.45, 7) is 0. The number of hydrogen-bond donors (Lipinski definition) is 2. The summed E-state index contributed by atoms with van der Waals surface area (Å²) in [6.07, 6.45) is 2.71. The molecule has 1 aromatic carbocycles. The van der Waals surface area contributed by atoms with Gasteiger partial charge in [0.2, 0.25) is 0 Å². The second-order valence-corrected chi connectivity index (χ2v) is 5.10. The van der Waals surface area contributed by atoms with Crippen molar-refractivity contribution < 1.29 is 9.53 Å². The minimum absolute atomic E-state index is 0.200. The second-order valence-electron chi connectivity index (χ2n) is 5.10. The largest absolute Gasteiger partial charge is 0.497 e. The fraction of sp³-hybridized carbons (Fsp3) is 0.429. The van der Waals surface area contributed by atoms with Gasteiger partial charge in [-0.3, -0.25) is 10.7 Å². The molecule has 5 nitrogen and oxygen atoms in total. The first-order valence-electron chi connectivity index (χ1n) is 6.41. The van der Waals surface area contributed by atoms with Crippen LogP contribution >= 0.6 is 0 Å². The summed E-state index contributed by atoms with van der Waals surface area (Å²) in [6, 6.07) is 5.70. The number of nitrogens with one attached hydrogen (secondary N) is 2. The van der Waals surface area contributed by atoms with Crippen molar-refractivity contribution in [1.82, 2.24) is 10.2 Å². The summed E-state index contributed by atoms with van der Waals surface area (Å²) >= 11 is 0. The second kappa shape index (κ2) is 3.98. The number of fused-ring (bicyclic) bond motifs is 2. The van der Waals surface area contributed by atoms with Gasteiger partial charge in [0.05, 0.1) is 7.11 Å². The molecular weight excluding hydrogens is 242 g/mol. The van der Waals surface area contributed by atoms with E-state index in [1.807, 2.05) is 18.2 Å². The van der Waals surface area contributed by atoms with Gasteiger partial charge in [-0.15, -0.1) is 0 Å². The van der Waals surface area contributed by atoms with Crippen LogP contribution in [-0.2, 0) is 12.0 Å². The molecule has 5 heteroatoms. The molecule has 1 saturated heterocycles. The van der Waals surface area contributed by atoms with Gasteiger partial charge in [-0.2, -0.15) is 0 Å². The zero-order valence-corrected chi connectivity index (χ0v) is 11.1. The zero-order valence-electron chi connectivity index (χ0n) is 11.1. The van der Waals surface area contributed by atoms with E-state index in [2.05, 4.69) is 5.32 Å². The van der Waals surface area contributed by atoms with Gasteiger partial charge in [-0.1, -0.05) is 6.07 Å². The molecule has 2 N–H and O–H groups in total. The third-order valence-corrected chi connectivity index (χ3v) is 4.27. The molecule has 0 saturated carbocycles. The molecule has 1 fully saturated rings. The normalized spacial score (nSPS) is 25.5. The van der Waals surface area contributed by atoms with Crippen molar-refractivity contribution in [3.63, 3.8) is 0 Å². The average molecular weight is 259 g/mol. The Kier molecular flexibility index (Phi) is 2.52. The van der Waals surface area contributed by atoms with Crippen molar-refractivity contribution >= 4 is 11.9 Å². The van der Waals surface area contributed by atoms with Crippen LogP contribution in [0.25, 0.3) is 0 Å². The molecule has 1 atom stereocenters. The van der Waals surface area contributed by atoms with E-state index in [1.165, 1.54) is 5.56 Å². The predicted molar refractivity (Wildman–Crippen MR) is 71.6 cm³/mol. The van der Waals surface area contributed by atoms with Gasteiger partial charge in [0.1, 0.15) is 17.1 Å². The van der Waals surface area contributed by atoms with Crippen molar-refractivity contribution in [3.8, 4) is 5.75 Å². The Hall–Kier alpha value is -2.04. The Morgan fingerprint density at radius 3 is 2.89 bits per heavy atom. The third-order valence-electron chi connectivity index (χ3n) is 4.27. The highest BCUT2D eigenvalue weighted by atomic mass is 16.5. The number of nitrogens with zero attached hydrogens (tertiary/aromatic N) is 1. The summed E-state index contributed by atoms with van der Waals surface area (Å²) in [5, 5.41) is 10.8. The minimum atomic E-state index is -0.614. The molecule has 100 valence electrons. The van der Waals surface area contributed by atoms with E-state index in [1.54, 1.807) is 19.1 Å². The summed E-state index contributed by atoms with van der Waals surface area (Å²) in [7, 11) is 3.41. The molecule has 1 heterocycles. The predicted octanol–water partition coefficient (Wildman–Crippen LogP) is 1.86. The van der Waals surface area contributed by atoms with E-state index in [9.17, 15) is 4.79 Å². The lowest BCUT2D eigenvalue weighted by atomic mass is 9.75. The number of methoxy groups -OCH3 is 1. The van der Waals surface area contributed by atoms with Crippen molar-refractivity contribution in [2.24, 2.45) is 0 Å². The molecule has 0 bridgehead atoms. The quantitative estimate of drug-likeness (QED) is 0.808. The van der Waals surface area contributed by atoms with E-state index in [4.69, 9.17) is 10.1 Å². The number of carbonyl (C=O) groups excluding carboxylic acids is 1. The Morgan fingerprint density at radius 2 is 2.26 bits per heavy atom. The lowest BCUT2D eigenvalue weighted by Gasteiger charge is -2.39. The topological polar surface area (TPSA) is 65.4 Å². The van der Waals surface area contributed by atoms with Crippen molar-refractivity contribution in [2.45, 2.75) is 24.8 Å². The lowest BCUT2D eigenvalue weighted by molar-refractivity contribution is 0.182. The van der Waals surface area contributed by atoms with Crippen LogP contribution in [0.4, 0.5) is 4.79 Å². The first-order valence-corrected chi connectivity index (χ1v) is 6.41. The highest BCUT2D eigenvalue weighted by Gasteiger charge is 2.51. The first kappa shape index (κ1) is 12.0. The van der Waals surface area contributed by atoms with Gasteiger partial charge in [0, 0.05) is 7.05 Å². The number of urea groups is 1. The number of carbonyl (C=O) groups is 1. The van der Waals surface area contributed by atoms with E-state index in [-0.39, 0.29) is 11.9 Å². The Bertz CT molecular complexity index is 570. The van der Waals surface area contributed by atoms with Crippen molar-refractivity contribution in [3.05, 3.63) is 29.3 Å². The van der Waals surface area contributed by atoms with E-state index < -0.39 is 5.54 Å². The summed E-state index contributed by atoms with van der Waals surface area (Å²) in [5.74, 6) is 1.10. The van der Waals surface area contributed by atoms with Crippen LogP contribution in [0, 0.1) is 5.41 Å². The highest BCUT2D eigenvalue weighted by molar-refractivity contribution is 6.09. The molecule has 1 spiro atoms. The van der Waals surface area contributed by atoms with Gasteiger partial charge in [-0.25, -0.2) is 4.79 Å². The van der Waals surface area contributed by atoms with Crippen molar-refractivity contribution in [1.29, 1.82) is 5.41 Å². The number of aryl methyl sites for hydroxylation is 1. The summed E-state index contributed by atoms with van der Waals surface area (Å²) < 4.78 is 5.26. The monoisotopic (exact) mass is 259 g/mol. The fourth-order valence-electron chi connectivity index (χ4n) is 3.22. The zero-order chi connectivity index (χ0) is 13.6. The molecule has 0 radical (unpaired) electrons. The van der Waals surface area contributed by atoms with Crippen molar-refractivity contribution in [2.75, 3.05) is 14.2 Å².